The van der Waals surface area contributed by atoms with Gasteiger partial charge in [0.1, 0.15) is 0 Å². The molecule has 2 saturated heterocycles. The minimum Gasteiger partial charge on any atom is -0.195 e. The van der Waals surface area contributed by atoms with Crippen LogP contribution in [0.2, 0.25) is 0 Å². The van der Waals surface area contributed by atoms with Crippen molar-refractivity contribution in [3.63, 3.8) is 0 Å². The highest BCUT2D eigenvalue weighted by Crippen LogP contribution is 2.31. The predicted molar refractivity (Wildman–Crippen MR) is 78.5 cm³/mol. The van der Waals surface area contributed by atoms with Gasteiger partial charge in [-0.15, -0.1) is 11.6 Å². The minimum atomic E-state index is -3.29. The van der Waals surface area contributed by atoms with E-state index in [-0.39, 0.29) is 5.41 Å². The van der Waals surface area contributed by atoms with Crippen LogP contribution < -0.4 is 0 Å². The highest BCUT2D eigenvalue weighted by molar-refractivity contribution is 7.86. The number of piperidine rings is 2. The van der Waals surface area contributed by atoms with Gasteiger partial charge in [0.25, 0.3) is 10.2 Å². The topological polar surface area (TPSA) is 40.6 Å². The summed E-state index contributed by atoms with van der Waals surface area (Å²) < 4.78 is 28.7. The van der Waals surface area contributed by atoms with Gasteiger partial charge in [-0.25, -0.2) is 0 Å². The summed E-state index contributed by atoms with van der Waals surface area (Å²) in [5.41, 5.74) is 0.0903. The highest BCUT2D eigenvalue weighted by Gasteiger charge is 2.38. The largest absolute Gasteiger partial charge is 0.282 e. The third-order valence-electron chi connectivity index (χ3n) is 4.22. The van der Waals surface area contributed by atoms with Gasteiger partial charge in [-0.3, -0.25) is 0 Å². The lowest BCUT2D eigenvalue weighted by molar-refractivity contribution is 0.170. The summed E-state index contributed by atoms with van der Waals surface area (Å²) in [5, 5.41) is 0. The molecule has 2 aliphatic heterocycles. The van der Waals surface area contributed by atoms with Crippen molar-refractivity contribution in [1.82, 2.24) is 8.61 Å². The van der Waals surface area contributed by atoms with E-state index in [0.29, 0.717) is 38.0 Å². The van der Waals surface area contributed by atoms with Crippen molar-refractivity contribution in [3.05, 3.63) is 0 Å². The smallest absolute Gasteiger partial charge is 0.195 e. The maximum Gasteiger partial charge on any atom is 0.282 e. The zero-order valence-electron chi connectivity index (χ0n) is 11.9. The van der Waals surface area contributed by atoms with E-state index in [2.05, 4.69) is 13.8 Å². The van der Waals surface area contributed by atoms with Gasteiger partial charge >= 0.3 is 0 Å². The zero-order valence-corrected chi connectivity index (χ0v) is 13.5. The van der Waals surface area contributed by atoms with Crippen molar-refractivity contribution in [2.24, 2.45) is 11.3 Å². The maximum atomic E-state index is 12.7. The average Bonchev–Trinajstić information content (AvgIpc) is 2.37. The fourth-order valence-electron chi connectivity index (χ4n) is 3.09. The van der Waals surface area contributed by atoms with Crippen LogP contribution in [-0.2, 0) is 10.2 Å². The molecule has 2 heterocycles. The summed E-state index contributed by atoms with van der Waals surface area (Å²) in [6.07, 6.45) is 4.02. The van der Waals surface area contributed by atoms with Gasteiger partial charge < -0.3 is 0 Å². The van der Waals surface area contributed by atoms with Crippen molar-refractivity contribution in [2.45, 2.75) is 39.5 Å². The number of hydrogen-bond donors (Lipinski definition) is 0. The van der Waals surface area contributed by atoms with E-state index in [0.717, 1.165) is 25.7 Å². The first kappa shape index (κ1) is 15.5. The Morgan fingerprint density at radius 3 is 2.53 bits per heavy atom. The van der Waals surface area contributed by atoms with Crippen LogP contribution in [0, 0.1) is 11.3 Å². The molecule has 1 unspecified atom stereocenters. The number of alkyl halides is 1. The Balaban J connectivity index is 2.08. The number of rotatable bonds is 3. The van der Waals surface area contributed by atoms with E-state index in [9.17, 15) is 8.42 Å². The Morgan fingerprint density at radius 1 is 1.21 bits per heavy atom. The van der Waals surface area contributed by atoms with Crippen molar-refractivity contribution in [1.29, 1.82) is 0 Å². The first-order valence-corrected chi connectivity index (χ1v) is 9.09. The second-order valence-corrected chi connectivity index (χ2v) is 8.87. The molecule has 1 atom stereocenters. The van der Waals surface area contributed by atoms with E-state index in [1.807, 2.05) is 0 Å². The number of hydrogen-bond acceptors (Lipinski definition) is 2. The van der Waals surface area contributed by atoms with Gasteiger partial charge in [0, 0.05) is 32.1 Å². The Morgan fingerprint density at radius 2 is 1.89 bits per heavy atom. The molecule has 2 fully saturated rings. The lowest BCUT2D eigenvalue weighted by Gasteiger charge is -2.41. The van der Waals surface area contributed by atoms with Gasteiger partial charge in [0.05, 0.1) is 0 Å². The van der Waals surface area contributed by atoms with E-state index in [1.165, 1.54) is 0 Å². The van der Waals surface area contributed by atoms with Crippen LogP contribution >= 0.6 is 11.6 Å². The van der Waals surface area contributed by atoms with Crippen LogP contribution in [-0.4, -0.2) is 49.1 Å². The van der Waals surface area contributed by atoms with Crippen LogP contribution in [0.5, 0.6) is 0 Å². The van der Waals surface area contributed by atoms with Gasteiger partial charge in [-0.05, 0) is 37.0 Å². The van der Waals surface area contributed by atoms with Crippen molar-refractivity contribution < 1.29 is 8.42 Å². The SMILES string of the molecule is CC1(C)CCCN(S(=O)(=O)N2CCCC(CCl)C2)C1. The Labute approximate surface area is 122 Å². The monoisotopic (exact) mass is 308 g/mol. The highest BCUT2D eigenvalue weighted by atomic mass is 35.5. The molecular formula is C13H25ClN2O2S. The first-order valence-electron chi connectivity index (χ1n) is 7.16. The summed E-state index contributed by atoms with van der Waals surface area (Å²) in [4.78, 5) is 0. The molecular weight excluding hydrogens is 284 g/mol. The molecule has 0 aromatic rings. The van der Waals surface area contributed by atoms with Crippen molar-refractivity contribution in [3.8, 4) is 0 Å². The molecule has 112 valence electrons. The van der Waals surface area contributed by atoms with E-state index in [4.69, 9.17) is 11.6 Å². The average molecular weight is 309 g/mol. The molecule has 0 N–H and O–H groups in total. The Hall–Kier alpha value is 0.160. The predicted octanol–water partition coefficient (Wildman–Crippen LogP) is 2.30. The quantitative estimate of drug-likeness (QED) is 0.751. The van der Waals surface area contributed by atoms with Crippen LogP contribution in [0.1, 0.15) is 39.5 Å². The molecule has 6 heteroatoms. The lowest BCUT2D eigenvalue weighted by atomic mass is 9.85. The fraction of sp³-hybridized carbons (Fsp3) is 1.00. The third-order valence-corrected chi connectivity index (χ3v) is 6.60. The molecule has 0 saturated carbocycles. The lowest BCUT2D eigenvalue weighted by Crippen LogP contribution is -2.52. The summed E-state index contributed by atoms with van der Waals surface area (Å²) in [7, 11) is -3.29. The molecule has 0 radical (unpaired) electrons. The van der Waals surface area contributed by atoms with Gasteiger partial charge in [-0.2, -0.15) is 17.0 Å². The van der Waals surface area contributed by atoms with Gasteiger partial charge in [-0.1, -0.05) is 13.8 Å². The van der Waals surface area contributed by atoms with Crippen LogP contribution in [0.4, 0.5) is 0 Å². The molecule has 0 amide bonds. The minimum absolute atomic E-state index is 0.0903. The van der Waals surface area contributed by atoms with E-state index < -0.39 is 10.2 Å². The van der Waals surface area contributed by atoms with Crippen molar-refractivity contribution >= 4 is 21.8 Å². The van der Waals surface area contributed by atoms with Crippen molar-refractivity contribution in [2.75, 3.05) is 32.1 Å². The molecule has 0 spiro atoms. The van der Waals surface area contributed by atoms with E-state index in [1.54, 1.807) is 8.61 Å². The van der Waals surface area contributed by atoms with Crippen LogP contribution in [0.25, 0.3) is 0 Å². The molecule has 0 bridgehead atoms. The second kappa shape index (κ2) is 5.88. The summed E-state index contributed by atoms with van der Waals surface area (Å²) in [6.45, 7) is 6.82. The molecule has 2 rings (SSSR count). The Bertz CT molecular complexity index is 411. The second-order valence-electron chi connectivity index (χ2n) is 6.63. The summed E-state index contributed by atoms with van der Waals surface area (Å²) in [5.74, 6) is 0.861. The maximum absolute atomic E-state index is 12.7. The molecule has 0 aromatic carbocycles. The summed E-state index contributed by atoms with van der Waals surface area (Å²) >= 11 is 5.89. The molecule has 2 aliphatic rings. The van der Waals surface area contributed by atoms with E-state index >= 15 is 0 Å². The molecule has 0 aliphatic carbocycles. The summed E-state index contributed by atoms with van der Waals surface area (Å²) in [6, 6.07) is 0. The number of halogens is 1. The molecule has 0 aromatic heterocycles. The van der Waals surface area contributed by atoms with Crippen LogP contribution in [0.15, 0.2) is 0 Å². The van der Waals surface area contributed by atoms with Gasteiger partial charge in [0.2, 0.25) is 0 Å². The first-order chi connectivity index (χ1) is 8.85. The third kappa shape index (κ3) is 3.63. The normalized spacial score (nSPS) is 30.4. The Kier molecular flexibility index (Phi) is 4.81. The molecule has 19 heavy (non-hydrogen) atoms. The van der Waals surface area contributed by atoms with Gasteiger partial charge in [0.15, 0.2) is 0 Å². The standard InChI is InChI=1S/C13H25ClN2O2S/c1-13(2)6-4-8-16(11-13)19(17,18)15-7-3-5-12(9-14)10-15/h12H,3-11H2,1-2H3. The number of nitrogens with zero attached hydrogens (tertiary/aromatic N) is 2. The zero-order chi connectivity index (χ0) is 14.1. The molecule has 4 nitrogen and oxygen atoms in total. The van der Waals surface area contributed by atoms with Crippen LogP contribution in [0.3, 0.4) is 0 Å². The fourth-order valence-corrected chi connectivity index (χ4v) is 5.30.